The molecule has 0 saturated heterocycles. The summed E-state index contributed by atoms with van der Waals surface area (Å²) >= 11 is 0. The van der Waals surface area contributed by atoms with Crippen molar-refractivity contribution in [3.8, 4) is 17.2 Å². The first kappa shape index (κ1) is 16.4. The van der Waals surface area contributed by atoms with E-state index < -0.39 is 12.6 Å². The number of ketones is 1. The minimum Gasteiger partial charge on any atom is -0.507 e. The second-order valence-electron chi connectivity index (χ2n) is 4.61. The molecule has 6 heteroatoms. The Hall–Kier alpha value is -3.02. The Morgan fingerprint density at radius 1 is 0.957 bits per heavy atom. The SMILES string of the molecule is COc1ccc(C(=O)COC(=O)c2cc(OC)ccc2O)cc1. The molecule has 0 bridgehead atoms. The van der Waals surface area contributed by atoms with E-state index in [1.54, 1.807) is 24.3 Å². The van der Waals surface area contributed by atoms with E-state index in [0.717, 1.165) is 0 Å². The maximum Gasteiger partial charge on any atom is 0.342 e. The summed E-state index contributed by atoms with van der Waals surface area (Å²) in [7, 11) is 2.97. The number of esters is 1. The predicted molar refractivity (Wildman–Crippen MR) is 82.3 cm³/mol. The molecule has 0 fully saturated rings. The maximum absolute atomic E-state index is 12.0. The third-order valence-electron chi connectivity index (χ3n) is 3.17. The van der Waals surface area contributed by atoms with Gasteiger partial charge in [0.1, 0.15) is 22.8 Å². The van der Waals surface area contributed by atoms with Gasteiger partial charge in [0.05, 0.1) is 14.2 Å². The maximum atomic E-state index is 12.0. The lowest BCUT2D eigenvalue weighted by Crippen LogP contribution is -2.14. The van der Waals surface area contributed by atoms with Crippen LogP contribution in [-0.2, 0) is 4.74 Å². The molecule has 0 aliphatic carbocycles. The molecule has 0 heterocycles. The van der Waals surface area contributed by atoms with Gasteiger partial charge in [-0.25, -0.2) is 4.79 Å². The van der Waals surface area contributed by atoms with Crippen LogP contribution in [0, 0.1) is 0 Å². The Bertz CT molecular complexity index is 706. The van der Waals surface area contributed by atoms with E-state index in [2.05, 4.69) is 0 Å². The van der Waals surface area contributed by atoms with Gasteiger partial charge in [-0.2, -0.15) is 0 Å². The zero-order valence-corrected chi connectivity index (χ0v) is 12.7. The molecule has 2 rings (SSSR count). The van der Waals surface area contributed by atoms with Crippen molar-refractivity contribution >= 4 is 11.8 Å². The standard InChI is InChI=1S/C17H16O6/c1-21-12-5-3-11(4-6-12)16(19)10-23-17(20)14-9-13(22-2)7-8-15(14)18/h3-9,18H,10H2,1-2H3. The van der Waals surface area contributed by atoms with Crippen molar-refractivity contribution < 1.29 is 28.9 Å². The molecular formula is C17H16O6. The molecule has 120 valence electrons. The molecule has 0 radical (unpaired) electrons. The number of aromatic hydroxyl groups is 1. The number of carbonyl (C=O) groups excluding carboxylic acids is 2. The quantitative estimate of drug-likeness (QED) is 0.651. The summed E-state index contributed by atoms with van der Waals surface area (Å²) in [6.45, 7) is -0.429. The van der Waals surface area contributed by atoms with Crippen LogP contribution in [0.4, 0.5) is 0 Å². The van der Waals surface area contributed by atoms with E-state index in [4.69, 9.17) is 14.2 Å². The van der Waals surface area contributed by atoms with Gasteiger partial charge in [-0.15, -0.1) is 0 Å². The fourth-order valence-corrected chi connectivity index (χ4v) is 1.87. The highest BCUT2D eigenvalue weighted by Crippen LogP contribution is 2.23. The fourth-order valence-electron chi connectivity index (χ4n) is 1.87. The van der Waals surface area contributed by atoms with E-state index in [-0.39, 0.29) is 17.1 Å². The summed E-state index contributed by atoms with van der Waals surface area (Å²) in [6, 6.07) is 10.6. The smallest absolute Gasteiger partial charge is 0.342 e. The third kappa shape index (κ3) is 4.00. The highest BCUT2D eigenvalue weighted by molar-refractivity contribution is 6.00. The normalized spacial score (nSPS) is 10.0. The van der Waals surface area contributed by atoms with Crippen molar-refractivity contribution in [3.05, 3.63) is 53.6 Å². The van der Waals surface area contributed by atoms with Crippen molar-refractivity contribution in [1.29, 1.82) is 0 Å². The zero-order chi connectivity index (χ0) is 16.8. The van der Waals surface area contributed by atoms with Crippen LogP contribution in [0.3, 0.4) is 0 Å². The number of hydrogen-bond acceptors (Lipinski definition) is 6. The minimum atomic E-state index is -0.803. The first-order valence-electron chi connectivity index (χ1n) is 6.76. The Morgan fingerprint density at radius 2 is 1.57 bits per heavy atom. The van der Waals surface area contributed by atoms with Gasteiger partial charge in [-0.05, 0) is 42.5 Å². The first-order valence-corrected chi connectivity index (χ1v) is 6.76. The number of carbonyl (C=O) groups is 2. The Morgan fingerprint density at radius 3 is 2.17 bits per heavy atom. The van der Waals surface area contributed by atoms with Gasteiger partial charge in [-0.1, -0.05) is 0 Å². The third-order valence-corrected chi connectivity index (χ3v) is 3.17. The van der Waals surface area contributed by atoms with Gasteiger partial charge < -0.3 is 19.3 Å². The molecule has 0 saturated carbocycles. The predicted octanol–water partition coefficient (Wildman–Crippen LogP) is 2.45. The van der Waals surface area contributed by atoms with E-state index >= 15 is 0 Å². The lowest BCUT2D eigenvalue weighted by molar-refractivity contribution is 0.0471. The summed E-state index contributed by atoms with van der Waals surface area (Å²) in [6.07, 6.45) is 0. The molecule has 2 aromatic carbocycles. The Balaban J connectivity index is 2.02. The molecule has 0 aliphatic rings. The molecule has 1 N–H and O–H groups in total. The van der Waals surface area contributed by atoms with E-state index in [1.807, 2.05) is 0 Å². The Kier molecular flexibility index (Phi) is 5.19. The molecule has 0 atom stereocenters. The van der Waals surface area contributed by atoms with E-state index in [9.17, 15) is 14.7 Å². The Labute approximate surface area is 133 Å². The molecule has 0 aliphatic heterocycles. The van der Waals surface area contributed by atoms with Gasteiger partial charge >= 0.3 is 5.97 Å². The molecule has 23 heavy (non-hydrogen) atoms. The molecule has 0 unspecified atom stereocenters. The lowest BCUT2D eigenvalue weighted by atomic mass is 10.1. The molecular weight excluding hydrogens is 300 g/mol. The molecule has 0 aromatic heterocycles. The summed E-state index contributed by atoms with van der Waals surface area (Å²) in [5.41, 5.74) is 0.334. The van der Waals surface area contributed by atoms with Crippen molar-refractivity contribution in [2.45, 2.75) is 0 Å². The summed E-state index contributed by atoms with van der Waals surface area (Å²) in [4.78, 5) is 23.9. The number of Topliss-reactive ketones (excluding diaryl/α,β-unsaturated/α-hetero) is 1. The number of hydrogen-bond donors (Lipinski definition) is 1. The summed E-state index contributed by atoms with van der Waals surface area (Å²) in [5.74, 6) is -0.379. The second kappa shape index (κ2) is 7.31. The van der Waals surface area contributed by atoms with Gasteiger partial charge in [0.15, 0.2) is 12.4 Å². The zero-order valence-electron chi connectivity index (χ0n) is 12.7. The van der Waals surface area contributed by atoms with Crippen molar-refractivity contribution in [3.63, 3.8) is 0 Å². The second-order valence-corrected chi connectivity index (χ2v) is 4.61. The minimum absolute atomic E-state index is 0.0631. The number of phenols is 1. The fraction of sp³-hybridized carbons (Fsp3) is 0.176. The number of methoxy groups -OCH3 is 2. The number of benzene rings is 2. The average molecular weight is 316 g/mol. The van der Waals surface area contributed by atoms with E-state index in [0.29, 0.717) is 17.1 Å². The molecule has 0 spiro atoms. The lowest BCUT2D eigenvalue weighted by Gasteiger charge is -2.08. The van der Waals surface area contributed by atoms with Crippen LogP contribution < -0.4 is 9.47 Å². The molecule has 6 nitrogen and oxygen atoms in total. The summed E-state index contributed by atoms with van der Waals surface area (Å²) < 4.78 is 14.9. The number of phenolic OH excluding ortho intramolecular Hbond substituents is 1. The van der Waals surface area contributed by atoms with Crippen molar-refractivity contribution in [2.24, 2.45) is 0 Å². The van der Waals surface area contributed by atoms with Crippen molar-refractivity contribution in [1.82, 2.24) is 0 Å². The monoisotopic (exact) mass is 316 g/mol. The van der Waals surface area contributed by atoms with Crippen LogP contribution in [0.25, 0.3) is 0 Å². The van der Waals surface area contributed by atoms with Crippen LogP contribution in [0.5, 0.6) is 17.2 Å². The highest BCUT2D eigenvalue weighted by atomic mass is 16.5. The van der Waals surface area contributed by atoms with Crippen LogP contribution >= 0.6 is 0 Å². The first-order chi connectivity index (χ1) is 11.0. The summed E-state index contributed by atoms with van der Waals surface area (Å²) in [5, 5.41) is 9.69. The van der Waals surface area contributed by atoms with E-state index in [1.165, 1.54) is 32.4 Å². The highest BCUT2D eigenvalue weighted by Gasteiger charge is 2.16. The molecule has 2 aromatic rings. The number of rotatable bonds is 6. The van der Waals surface area contributed by atoms with Gasteiger partial charge in [0.2, 0.25) is 0 Å². The van der Waals surface area contributed by atoms with Crippen LogP contribution in [0.2, 0.25) is 0 Å². The average Bonchev–Trinajstić information content (AvgIpc) is 2.59. The van der Waals surface area contributed by atoms with Crippen LogP contribution in [0.1, 0.15) is 20.7 Å². The largest absolute Gasteiger partial charge is 0.507 e. The van der Waals surface area contributed by atoms with Gasteiger partial charge in [0, 0.05) is 5.56 Å². The van der Waals surface area contributed by atoms with Crippen LogP contribution in [0.15, 0.2) is 42.5 Å². The van der Waals surface area contributed by atoms with Gasteiger partial charge in [-0.3, -0.25) is 4.79 Å². The topological polar surface area (TPSA) is 82.1 Å². The molecule has 0 amide bonds. The van der Waals surface area contributed by atoms with Gasteiger partial charge in [0.25, 0.3) is 0 Å². The van der Waals surface area contributed by atoms with Crippen LogP contribution in [-0.4, -0.2) is 37.7 Å². The number of ether oxygens (including phenoxy) is 3. The van der Waals surface area contributed by atoms with Crippen molar-refractivity contribution in [2.75, 3.05) is 20.8 Å².